The number of halogens is 1. The first kappa shape index (κ1) is 21.0. The van der Waals surface area contributed by atoms with E-state index in [-0.39, 0.29) is 23.4 Å². The van der Waals surface area contributed by atoms with Crippen LogP contribution < -0.4 is 5.32 Å². The summed E-state index contributed by atoms with van der Waals surface area (Å²) in [5, 5.41) is 4.68. The summed E-state index contributed by atoms with van der Waals surface area (Å²) in [6, 6.07) is 7.54. The molecule has 2 aliphatic rings. The summed E-state index contributed by atoms with van der Waals surface area (Å²) in [6.07, 6.45) is 3.59. The number of urea groups is 1. The second-order valence-electron chi connectivity index (χ2n) is 8.56. The predicted molar refractivity (Wildman–Crippen MR) is 116 cm³/mol. The number of amides is 3. The molecule has 1 aromatic heterocycles. The maximum absolute atomic E-state index is 12.9. The summed E-state index contributed by atoms with van der Waals surface area (Å²) in [4.78, 5) is 32.6. The lowest BCUT2D eigenvalue weighted by molar-refractivity contribution is -0.141. The number of ether oxygens (including phenoxy) is 1. The Morgan fingerprint density at radius 3 is 2.90 bits per heavy atom. The summed E-state index contributed by atoms with van der Waals surface area (Å²) in [7, 11) is 3.45. The van der Waals surface area contributed by atoms with E-state index in [4.69, 9.17) is 16.3 Å². The minimum absolute atomic E-state index is 0.0163. The largest absolute Gasteiger partial charge is 0.384 e. The number of piperidine rings is 1. The highest BCUT2D eigenvalue weighted by Gasteiger charge is 2.52. The van der Waals surface area contributed by atoms with Crippen molar-refractivity contribution in [3.05, 3.63) is 35.0 Å². The fraction of sp³-hybridized carbons (Fsp3) is 0.545. The van der Waals surface area contributed by atoms with Gasteiger partial charge in [0.2, 0.25) is 5.91 Å². The van der Waals surface area contributed by atoms with E-state index in [1.54, 1.807) is 19.1 Å². The van der Waals surface area contributed by atoms with E-state index in [1.165, 1.54) is 0 Å². The predicted octanol–water partition coefficient (Wildman–Crippen LogP) is 3.38. The van der Waals surface area contributed by atoms with E-state index < -0.39 is 0 Å². The molecule has 2 N–H and O–H groups in total. The Labute approximate surface area is 181 Å². The lowest BCUT2D eigenvalue weighted by atomic mass is 10.0. The summed E-state index contributed by atoms with van der Waals surface area (Å²) < 4.78 is 5.26. The van der Waals surface area contributed by atoms with Crippen molar-refractivity contribution in [3.8, 4) is 0 Å². The van der Waals surface area contributed by atoms with E-state index in [2.05, 4.69) is 10.3 Å². The molecule has 2 heterocycles. The van der Waals surface area contributed by atoms with Crippen LogP contribution in [0.25, 0.3) is 10.9 Å². The van der Waals surface area contributed by atoms with Gasteiger partial charge < -0.3 is 24.8 Å². The van der Waals surface area contributed by atoms with Crippen LogP contribution in [0.1, 0.15) is 31.4 Å². The van der Waals surface area contributed by atoms with Crippen LogP contribution in [0.15, 0.2) is 24.3 Å². The fourth-order valence-electron chi connectivity index (χ4n) is 4.36. The number of fused-ring (bicyclic) bond motifs is 1. The highest BCUT2D eigenvalue weighted by molar-refractivity contribution is 6.31. The Balaban J connectivity index is 1.33. The molecule has 2 fully saturated rings. The smallest absolute Gasteiger partial charge is 0.317 e. The Morgan fingerprint density at radius 1 is 1.37 bits per heavy atom. The van der Waals surface area contributed by atoms with Gasteiger partial charge in [-0.15, -0.1) is 0 Å². The molecule has 0 radical (unpaired) electrons. The molecule has 1 aliphatic heterocycles. The molecule has 1 saturated carbocycles. The average molecular weight is 433 g/mol. The SMILES string of the molecule is COCC1(C(=O)N2CCCC(N(C)C(=O)NCc3cc4cc(Cl)ccc4[nH]3)C2)CC1. The molecule has 1 aromatic carbocycles. The van der Waals surface area contributed by atoms with Crippen LogP contribution in [0.5, 0.6) is 0 Å². The number of nitrogens with zero attached hydrogens (tertiary/aromatic N) is 2. The van der Waals surface area contributed by atoms with Gasteiger partial charge in [-0.25, -0.2) is 4.79 Å². The number of likely N-dealkylation sites (N-methyl/N-ethyl adjacent to an activating group) is 1. The minimum Gasteiger partial charge on any atom is -0.384 e. The van der Waals surface area contributed by atoms with Gasteiger partial charge in [-0.3, -0.25) is 4.79 Å². The van der Waals surface area contributed by atoms with Crippen LogP contribution in [0.3, 0.4) is 0 Å². The topological polar surface area (TPSA) is 77.7 Å². The van der Waals surface area contributed by atoms with Crippen LogP contribution >= 0.6 is 11.6 Å². The quantitative estimate of drug-likeness (QED) is 0.734. The molecule has 30 heavy (non-hydrogen) atoms. The van der Waals surface area contributed by atoms with Crippen molar-refractivity contribution in [3.63, 3.8) is 0 Å². The number of benzene rings is 1. The number of hydrogen-bond acceptors (Lipinski definition) is 3. The highest BCUT2D eigenvalue weighted by atomic mass is 35.5. The minimum atomic E-state index is -0.323. The Hall–Kier alpha value is -2.25. The number of methoxy groups -OCH3 is 1. The summed E-state index contributed by atoms with van der Waals surface area (Å²) in [5.74, 6) is 0.180. The molecule has 3 amide bonds. The highest BCUT2D eigenvalue weighted by Crippen LogP contribution is 2.47. The first-order valence-electron chi connectivity index (χ1n) is 10.5. The molecule has 8 heteroatoms. The van der Waals surface area contributed by atoms with Gasteiger partial charge in [-0.2, -0.15) is 0 Å². The van der Waals surface area contributed by atoms with Gasteiger partial charge in [0.15, 0.2) is 0 Å². The van der Waals surface area contributed by atoms with E-state index in [9.17, 15) is 9.59 Å². The summed E-state index contributed by atoms with van der Waals surface area (Å²) in [5.41, 5.74) is 1.59. The monoisotopic (exact) mass is 432 g/mol. The lowest BCUT2D eigenvalue weighted by Gasteiger charge is -2.39. The van der Waals surface area contributed by atoms with Crippen molar-refractivity contribution in [2.45, 2.75) is 38.3 Å². The van der Waals surface area contributed by atoms with Crippen molar-refractivity contribution < 1.29 is 14.3 Å². The molecule has 2 aromatic rings. The van der Waals surface area contributed by atoms with Crippen molar-refractivity contribution >= 4 is 34.4 Å². The molecule has 1 unspecified atom stereocenters. The Kier molecular flexibility index (Phi) is 5.93. The van der Waals surface area contributed by atoms with Crippen LogP contribution in [0, 0.1) is 5.41 Å². The van der Waals surface area contributed by atoms with Gasteiger partial charge >= 0.3 is 6.03 Å². The van der Waals surface area contributed by atoms with E-state index in [0.717, 1.165) is 48.8 Å². The third-order valence-electron chi connectivity index (χ3n) is 6.35. The number of aromatic nitrogens is 1. The van der Waals surface area contributed by atoms with Crippen molar-refractivity contribution in [2.75, 3.05) is 33.9 Å². The molecular weight excluding hydrogens is 404 g/mol. The Morgan fingerprint density at radius 2 is 2.17 bits per heavy atom. The number of likely N-dealkylation sites (tertiary alicyclic amines) is 1. The van der Waals surface area contributed by atoms with Gasteiger partial charge in [-0.05, 0) is 49.9 Å². The Bertz CT molecular complexity index is 940. The lowest BCUT2D eigenvalue weighted by Crippen LogP contribution is -2.54. The first-order valence-corrected chi connectivity index (χ1v) is 10.9. The molecule has 7 nitrogen and oxygen atoms in total. The summed E-state index contributed by atoms with van der Waals surface area (Å²) >= 11 is 6.04. The van der Waals surface area contributed by atoms with E-state index in [1.807, 2.05) is 29.2 Å². The van der Waals surface area contributed by atoms with Crippen molar-refractivity contribution in [1.29, 1.82) is 0 Å². The maximum atomic E-state index is 12.9. The molecule has 1 atom stereocenters. The van der Waals surface area contributed by atoms with Crippen molar-refractivity contribution in [1.82, 2.24) is 20.1 Å². The molecule has 0 bridgehead atoms. The molecule has 4 rings (SSSR count). The zero-order valence-corrected chi connectivity index (χ0v) is 18.3. The van der Waals surface area contributed by atoms with Gasteiger partial charge in [0, 0.05) is 48.9 Å². The van der Waals surface area contributed by atoms with E-state index >= 15 is 0 Å². The van der Waals surface area contributed by atoms with E-state index in [0.29, 0.717) is 24.7 Å². The zero-order chi connectivity index (χ0) is 21.3. The second-order valence-corrected chi connectivity index (χ2v) is 8.99. The molecule has 162 valence electrons. The summed E-state index contributed by atoms with van der Waals surface area (Å²) in [6.45, 7) is 2.23. The molecule has 1 aliphatic carbocycles. The average Bonchev–Trinajstić information content (AvgIpc) is 3.42. The molecular formula is C22H29ClN4O3. The number of carbonyl (C=O) groups is 2. The standard InChI is InChI=1S/C22H29ClN4O3/c1-26(18-4-3-9-27(13-18)20(28)22(7-8-22)14-30-2)21(29)24-12-17-11-15-10-16(23)5-6-19(15)25-17/h5-6,10-11,18,25H,3-4,7-9,12-14H2,1-2H3,(H,24,29). The normalized spacial score (nSPS) is 20.2. The fourth-order valence-corrected chi connectivity index (χ4v) is 4.54. The van der Waals surface area contributed by atoms with Crippen LogP contribution in [0.4, 0.5) is 4.79 Å². The van der Waals surface area contributed by atoms with Crippen LogP contribution in [0.2, 0.25) is 5.02 Å². The van der Waals surface area contributed by atoms with Gasteiger partial charge in [0.05, 0.1) is 24.6 Å². The third kappa shape index (κ3) is 4.27. The zero-order valence-electron chi connectivity index (χ0n) is 17.5. The number of aromatic amines is 1. The van der Waals surface area contributed by atoms with Gasteiger partial charge in [0.25, 0.3) is 0 Å². The first-order chi connectivity index (χ1) is 14.4. The van der Waals surface area contributed by atoms with Crippen LogP contribution in [-0.4, -0.2) is 66.6 Å². The van der Waals surface area contributed by atoms with Crippen molar-refractivity contribution in [2.24, 2.45) is 5.41 Å². The van der Waals surface area contributed by atoms with Gasteiger partial charge in [-0.1, -0.05) is 11.6 Å². The van der Waals surface area contributed by atoms with Crippen LogP contribution in [-0.2, 0) is 16.1 Å². The third-order valence-corrected chi connectivity index (χ3v) is 6.58. The van der Waals surface area contributed by atoms with Gasteiger partial charge in [0.1, 0.15) is 0 Å². The number of nitrogens with one attached hydrogen (secondary N) is 2. The molecule has 0 spiro atoms. The number of carbonyl (C=O) groups excluding carboxylic acids is 2. The number of H-pyrrole nitrogens is 1. The second kappa shape index (κ2) is 8.47. The number of rotatable bonds is 6. The molecule has 1 saturated heterocycles. The number of hydrogen-bond donors (Lipinski definition) is 2. The maximum Gasteiger partial charge on any atom is 0.317 e.